The van der Waals surface area contributed by atoms with Gasteiger partial charge in [0.2, 0.25) is 0 Å². The van der Waals surface area contributed by atoms with Crippen molar-refractivity contribution in [3.63, 3.8) is 0 Å². The highest BCUT2D eigenvalue weighted by Crippen LogP contribution is 2.34. The highest BCUT2D eigenvalue weighted by Gasteiger charge is 2.26. The lowest BCUT2D eigenvalue weighted by Gasteiger charge is -2.32. The van der Waals surface area contributed by atoms with Crippen LogP contribution in [0.5, 0.6) is 5.75 Å². The maximum Gasteiger partial charge on any atom is 0.138 e. The minimum absolute atomic E-state index is 0.201. The first-order chi connectivity index (χ1) is 9.70. The molecule has 3 nitrogen and oxygen atoms in total. The van der Waals surface area contributed by atoms with Crippen molar-refractivity contribution in [1.29, 1.82) is 0 Å². The highest BCUT2D eigenvalue weighted by molar-refractivity contribution is 5.28. The minimum Gasteiger partial charge on any atom is -0.489 e. The summed E-state index contributed by atoms with van der Waals surface area (Å²) in [6, 6.07) is 2.78. The molecule has 112 valence electrons. The fraction of sp³-hybridized carbons (Fsp3) is 0.706. The molecule has 1 saturated carbocycles. The summed E-state index contributed by atoms with van der Waals surface area (Å²) in [5.41, 5.74) is 1.33. The van der Waals surface area contributed by atoms with Gasteiger partial charge < -0.3 is 10.1 Å². The molecule has 0 aliphatic heterocycles. The Bertz CT molecular complexity index is 406. The largest absolute Gasteiger partial charge is 0.489 e. The molecule has 1 heterocycles. The molecule has 0 saturated heterocycles. The zero-order valence-corrected chi connectivity index (χ0v) is 13.1. The Morgan fingerprint density at radius 1 is 1.30 bits per heavy atom. The Morgan fingerprint density at radius 2 is 2.10 bits per heavy atom. The molecule has 1 N–H and O–H groups in total. The average Bonchev–Trinajstić information content (AvgIpc) is 2.45. The number of hydrogen-bond donors (Lipinski definition) is 1. The van der Waals surface area contributed by atoms with Crippen molar-refractivity contribution in [2.45, 2.75) is 70.9 Å². The van der Waals surface area contributed by atoms with Gasteiger partial charge in [-0.15, -0.1) is 0 Å². The van der Waals surface area contributed by atoms with Crippen molar-refractivity contribution in [3.05, 3.63) is 24.0 Å². The monoisotopic (exact) mass is 276 g/mol. The number of nitrogens with zero attached hydrogens (tertiary/aromatic N) is 1. The van der Waals surface area contributed by atoms with E-state index >= 15 is 0 Å². The molecule has 1 aromatic heterocycles. The highest BCUT2D eigenvalue weighted by atomic mass is 16.5. The lowest BCUT2D eigenvalue weighted by molar-refractivity contribution is 0.240. The predicted octanol–water partition coefficient (Wildman–Crippen LogP) is 3.89. The Morgan fingerprint density at radius 3 is 2.85 bits per heavy atom. The van der Waals surface area contributed by atoms with Crippen LogP contribution in [-0.4, -0.2) is 23.7 Å². The molecule has 1 aliphatic rings. The quantitative estimate of drug-likeness (QED) is 0.855. The van der Waals surface area contributed by atoms with Crippen LogP contribution in [0.2, 0.25) is 0 Å². The molecule has 2 unspecified atom stereocenters. The normalized spacial score (nSPS) is 23.0. The van der Waals surface area contributed by atoms with E-state index < -0.39 is 0 Å². The molecule has 3 heteroatoms. The third kappa shape index (κ3) is 4.20. The predicted molar refractivity (Wildman–Crippen MR) is 83.3 cm³/mol. The molecular formula is C17H28N2O. The molecule has 0 spiro atoms. The van der Waals surface area contributed by atoms with E-state index in [0.717, 1.165) is 12.3 Å². The summed E-state index contributed by atoms with van der Waals surface area (Å²) in [6.07, 6.45) is 10.4. The molecule has 1 aliphatic carbocycles. The Balaban J connectivity index is 2.10. The van der Waals surface area contributed by atoms with Gasteiger partial charge in [0.25, 0.3) is 0 Å². The number of pyridine rings is 1. The maximum atomic E-state index is 5.78. The van der Waals surface area contributed by atoms with Crippen LogP contribution < -0.4 is 10.1 Å². The van der Waals surface area contributed by atoms with Crippen LogP contribution in [0.3, 0.4) is 0 Å². The van der Waals surface area contributed by atoms with Gasteiger partial charge in [0.1, 0.15) is 5.75 Å². The first-order valence-corrected chi connectivity index (χ1v) is 8.05. The summed E-state index contributed by atoms with van der Waals surface area (Å²) in [6.45, 7) is 7.44. The Kier molecular flexibility index (Phi) is 5.84. The molecule has 1 fully saturated rings. The van der Waals surface area contributed by atoms with Gasteiger partial charge in [-0.2, -0.15) is 0 Å². The Hall–Kier alpha value is -1.09. The molecule has 1 aromatic rings. The SMILES string of the molecule is CCCNC1CCCCC1c1cncc(OC(C)C)c1. The van der Waals surface area contributed by atoms with Crippen LogP contribution in [0.4, 0.5) is 0 Å². The van der Waals surface area contributed by atoms with Crippen molar-refractivity contribution in [2.75, 3.05) is 6.54 Å². The van der Waals surface area contributed by atoms with Gasteiger partial charge in [-0.3, -0.25) is 4.98 Å². The van der Waals surface area contributed by atoms with E-state index in [-0.39, 0.29) is 6.10 Å². The molecule has 2 rings (SSSR count). The van der Waals surface area contributed by atoms with E-state index in [0.29, 0.717) is 12.0 Å². The maximum absolute atomic E-state index is 5.78. The van der Waals surface area contributed by atoms with E-state index in [1.54, 1.807) is 0 Å². The zero-order chi connectivity index (χ0) is 14.4. The molecule has 0 bridgehead atoms. The van der Waals surface area contributed by atoms with Crippen molar-refractivity contribution >= 4 is 0 Å². The van der Waals surface area contributed by atoms with Gasteiger partial charge in [0, 0.05) is 18.2 Å². The van der Waals surface area contributed by atoms with E-state index in [2.05, 4.69) is 37.1 Å². The van der Waals surface area contributed by atoms with Gasteiger partial charge in [0.15, 0.2) is 0 Å². The van der Waals surface area contributed by atoms with Crippen LogP contribution in [0.15, 0.2) is 18.5 Å². The van der Waals surface area contributed by atoms with Gasteiger partial charge >= 0.3 is 0 Å². The van der Waals surface area contributed by atoms with Crippen LogP contribution >= 0.6 is 0 Å². The fourth-order valence-electron chi connectivity index (χ4n) is 3.08. The summed E-state index contributed by atoms with van der Waals surface area (Å²) in [7, 11) is 0. The average molecular weight is 276 g/mol. The summed E-state index contributed by atoms with van der Waals surface area (Å²) in [4.78, 5) is 4.37. The second-order valence-electron chi connectivity index (χ2n) is 6.07. The Labute approximate surface area is 123 Å². The summed E-state index contributed by atoms with van der Waals surface area (Å²) >= 11 is 0. The first kappa shape index (κ1) is 15.3. The van der Waals surface area contributed by atoms with Crippen molar-refractivity contribution in [2.24, 2.45) is 0 Å². The van der Waals surface area contributed by atoms with Gasteiger partial charge in [-0.1, -0.05) is 19.8 Å². The summed E-state index contributed by atoms with van der Waals surface area (Å²) in [5.74, 6) is 1.48. The van der Waals surface area contributed by atoms with E-state index in [1.165, 1.54) is 37.7 Å². The van der Waals surface area contributed by atoms with Crippen molar-refractivity contribution in [1.82, 2.24) is 10.3 Å². The number of nitrogens with one attached hydrogen (secondary N) is 1. The lowest BCUT2D eigenvalue weighted by Crippen LogP contribution is -2.37. The standard InChI is InChI=1S/C17H28N2O/c1-4-9-19-17-8-6-5-7-16(17)14-10-15(12-18-11-14)20-13(2)3/h10-13,16-17,19H,4-9H2,1-3H3. The first-order valence-electron chi connectivity index (χ1n) is 8.05. The van der Waals surface area contributed by atoms with Crippen LogP contribution in [0.25, 0.3) is 0 Å². The molecular weight excluding hydrogens is 248 g/mol. The second kappa shape index (κ2) is 7.63. The van der Waals surface area contributed by atoms with Gasteiger partial charge in [-0.05, 0) is 51.3 Å². The van der Waals surface area contributed by atoms with Crippen molar-refractivity contribution in [3.8, 4) is 5.75 Å². The summed E-state index contributed by atoms with van der Waals surface area (Å²) in [5, 5.41) is 3.71. The molecule has 0 aromatic carbocycles. The minimum atomic E-state index is 0.201. The van der Waals surface area contributed by atoms with Crippen LogP contribution in [0.1, 0.15) is 64.4 Å². The third-order valence-corrected chi connectivity index (χ3v) is 3.96. The summed E-state index contributed by atoms with van der Waals surface area (Å²) < 4.78 is 5.78. The van der Waals surface area contributed by atoms with Crippen molar-refractivity contribution < 1.29 is 4.74 Å². The fourth-order valence-corrected chi connectivity index (χ4v) is 3.08. The molecule has 0 amide bonds. The second-order valence-corrected chi connectivity index (χ2v) is 6.07. The smallest absolute Gasteiger partial charge is 0.138 e. The van der Waals surface area contributed by atoms with Gasteiger partial charge in [-0.25, -0.2) is 0 Å². The topological polar surface area (TPSA) is 34.2 Å². The molecule has 2 atom stereocenters. The molecule has 20 heavy (non-hydrogen) atoms. The number of ether oxygens (including phenoxy) is 1. The lowest BCUT2D eigenvalue weighted by atomic mass is 9.80. The van der Waals surface area contributed by atoms with E-state index in [4.69, 9.17) is 4.74 Å². The third-order valence-electron chi connectivity index (χ3n) is 3.96. The molecule has 0 radical (unpaired) electrons. The zero-order valence-electron chi connectivity index (χ0n) is 13.1. The van der Waals surface area contributed by atoms with Gasteiger partial charge in [0.05, 0.1) is 12.3 Å². The number of rotatable bonds is 6. The van der Waals surface area contributed by atoms with Crippen LogP contribution in [-0.2, 0) is 0 Å². The van der Waals surface area contributed by atoms with E-state index in [1.807, 2.05) is 12.4 Å². The number of aromatic nitrogens is 1. The van der Waals surface area contributed by atoms with E-state index in [9.17, 15) is 0 Å². The number of hydrogen-bond acceptors (Lipinski definition) is 3. The van der Waals surface area contributed by atoms with Crippen LogP contribution in [0, 0.1) is 0 Å².